The van der Waals surface area contributed by atoms with Gasteiger partial charge in [-0.1, -0.05) is 38.1 Å². The van der Waals surface area contributed by atoms with Gasteiger partial charge in [0.2, 0.25) is 5.95 Å². The molecular formula is C20H23N5. The number of nitrogens with one attached hydrogen (secondary N) is 2. The van der Waals surface area contributed by atoms with Crippen LogP contribution in [0.3, 0.4) is 0 Å². The smallest absolute Gasteiger partial charge is 0.229 e. The summed E-state index contributed by atoms with van der Waals surface area (Å²) in [5.41, 5.74) is 4.78. The lowest BCUT2D eigenvalue weighted by Gasteiger charge is -2.15. The zero-order valence-electron chi connectivity index (χ0n) is 14.7. The molecule has 0 saturated heterocycles. The van der Waals surface area contributed by atoms with E-state index in [9.17, 15) is 0 Å². The predicted molar refractivity (Wildman–Crippen MR) is 102 cm³/mol. The van der Waals surface area contributed by atoms with Crippen LogP contribution in [0.4, 0.5) is 17.5 Å². The van der Waals surface area contributed by atoms with Crippen molar-refractivity contribution in [3.63, 3.8) is 0 Å². The summed E-state index contributed by atoms with van der Waals surface area (Å²) in [6, 6.07) is 12.2. The van der Waals surface area contributed by atoms with Gasteiger partial charge in [-0.05, 0) is 41.7 Å². The van der Waals surface area contributed by atoms with Crippen molar-refractivity contribution in [1.29, 1.82) is 0 Å². The van der Waals surface area contributed by atoms with Crippen LogP contribution in [0.2, 0.25) is 0 Å². The fourth-order valence-corrected chi connectivity index (χ4v) is 2.73. The molecule has 2 N–H and O–H groups in total. The Hall–Kier alpha value is -2.95. The van der Waals surface area contributed by atoms with Crippen LogP contribution in [0, 0.1) is 0 Å². The molecule has 0 amide bonds. The van der Waals surface area contributed by atoms with E-state index in [2.05, 4.69) is 57.6 Å². The second-order valence-electron chi connectivity index (χ2n) is 5.76. The maximum Gasteiger partial charge on any atom is 0.229 e. The molecule has 0 aliphatic heterocycles. The van der Waals surface area contributed by atoms with Gasteiger partial charge in [-0.15, -0.1) is 0 Å². The number of rotatable bonds is 7. The van der Waals surface area contributed by atoms with E-state index < -0.39 is 0 Å². The summed E-state index contributed by atoms with van der Waals surface area (Å²) in [7, 11) is 0. The molecule has 0 aliphatic rings. The van der Waals surface area contributed by atoms with Gasteiger partial charge in [0.25, 0.3) is 0 Å². The molecule has 25 heavy (non-hydrogen) atoms. The number of aromatic nitrogens is 3. The van der Waals surface area contributed by atoms with E-state index in [0.717, 1.165) is 29.9 Å². The number of hydrogen-bond donors (Lipinski definition) is 2. The minimum Gasteiger partial charge on any atom is -0.366 e. The summed E-state index contributed by atoms with van der Waals surface area (Å²) in [6.45, 7) is 5.00. The van der Waals surface area contributed by atoms with Gasteiger partial charge in [0.15, 0.2) is 0 Å². The Labute approximate surface area is 148 Å². The van der Waals surface area contributed by atoms with Gasteiger partial charge in [-0.2, -0.15) is 4.98 Å². The summed E-state index contributed by atoms with van der Waals surface area (Å²) in [5, 5.41) is 6.72. The monoisotopic (exact) mass is 333 g/mol. The summed E-state index contributed by atoms with van der Waals surface area (Å²) in [6.07, 6.45) is 7.32. The van der Waals surface area contributed by atoms with E-state index in [1.807, 2.05) is 24.4 Å². The van der Waals surface area contributed by atoms with Crippen LogP contribution in [0.15, 0.2) is 55.0 Å². The van der Waals surface area contributed by atoms with Gasteiger partial charge >= 0.3 is 0 Å². The number of para-hydroxylation sites is 1. The van der Waals surface area contributed by atoms with Crippen LogP contribution >= 0.6 is 0 Å². The Morgan fingerprint density at radius 2 is 1.72 bits per heavy atom. The van der Waals surface area contributed by atoms with Crippen LogP contribution in [0.25, 0.3) is 0 Å². The van der Waals surface area contributed by atoms with Crippen molar-refractivity contribution >= 4 is 17.5 Å². The quantitative estimate of drug-likeness (QED) is 0.673. The van der Waals surface area contributed by atoms with E-state index >= 15 is 0 Å². The Morgan fingerprint density at radius 3 is 2.40 bits per heavy atom. The summed E-state index contributed by atoms with van der Waals surface area (Å²) in [4.78, 5) is 13.1. The van der Waals surface area contributed by atoms with Gasteiger partial charge in [-0.3, -0.25) is 4.98 Å². The fraction of sp³-hybridized carbons (Fsp3) is 0.250. The Morgan fingerprint density at radius 1 is 0.920 bits per heavy atom. The average Bonchev–Trinajstić information content (AvgIpc) is 2.67. The number of pyridine rings is 1. The lowest BCUT2D eigenvalue weighted by Crippen LogP contribution is -2.06. The van der Waals surface area contributed by atoms with Crippen LogP contribution in [0.5, 0.6) is 0 Å². The zero-order valence-corrected chi connectivity index (χ0v) is 14.7. The summed E-state index contributed by atoms with van der Waals surface area (Å²) in [5.74, 6) is 1.39. The Kier molecular flexibility index (Phi) is 5.57. The zero-order chi connectivity index (χ0) is 17.5. The summed E-state index contributed by atoms with van der Waals surface area (Å²) >= 11 is 0. The van der Waals surface area contributed by atoms with Crippen LogP contribution in [-0.4, -0.2) is 15.0 Å². The molecule has 0 radical (unpaired) electrons. The molecule has 2 aromatic heterocycles. The first-order chi connectivity index (χ1) is 12.3. The molecule has 3 rings (SSSR count). The van der Waals surface area contributed by atoms with Crippen LogP contribution in [0.1, 0.15) is 30.5 Å². The molecule has 0 fully saturated rings. The largest absolute Gasteiger partial charge is 0.366 e. The van der Waals surface area contributed by atoms with Crippen LogP contribution in [-0.2, 0) is 19.4 Å². The third-order valence-electron chi connectivity index (χ3n) is 4.09. The van der Waals surface area contributed by atoms with Crippen molar-refractivity contribution in [1.82, 2.24) is 15.0 Å². The fourth-order valence-electron chi connectivity index (χ4n) is 2.73. The topological polar surface area (TPSA) is 62.7 Å². The maximum absolute atomic E-state index is 4.58. The van der Waals surface area contributed by atoms with Crippen LogP contribution < -0.4 is 10.6 Å². The minimum absolute atomic E-state index is 0.604. The highest BCUT2D eigenvalue weighted by Crippen LogP contribution is 2.25. The third-order valence-corrected chi connectivity index (χ3v) is 4.09. The molecular weight excluding hydrogens is 310 g/mol. The molecule has 2 heterocycles. The Bertz CT molecular complexity index is 795. The van der Waals surface area contributed by atoms with Gasteiger partial charge < -0.3 is 10.6 Å². The first-order valence-corrected chi connectivity index (χ1v) is 8.63. The molecule has 1 aromatic carbocycles. The Balaban J connectivity index is 1.76. The second-order valence-corrected chi connectivity index (χ2v) is 5.76. The molecule has 0 bridgehead atoms. The van der Waals surface area contributed by atoms with E-state index in [4.69, 9.17) is 0 Å². The molecule has 0 atom stereocenters. The number of benzene rings is 1. The van der Waals surface area contributed by atoms with Gasteiger partial charge in [-0.25, -0.2) is 4.98 Å². The molecule has 0 spiro atoms. The maximum atomic E-state index is 4.58. The van der Waals surface area contributed by atoms with E-state index in [-0.39, 0.29) is 0 Å². The second kappa shape index (κ2) is 8.24. The van der Waals surface area contributed by atoms with Gasteiger partial charge in [0.1, 0.15) is 5.82 Å². The molecule has 0 unspecified atom stereocenters. The SMILES string of the molecule is CCc1cccc(CC)c1Nc1nccc(NCc2cccnc2)n1. The van der Waals surface area contributed by atoms with Gasteiger partial charge in [0.05, 0.1) is 0 Å². The molecule has 5 heteroatoms. The van der Waals surface area contributed by atoms with Crippen molar-refractivity contribution in [3.8, 4) is 0 Å². The standard InChI is InChI=1S/C20H23N5/c1-3-16-8-5-9-17(4-2)19(16)25-20-22-12-10-18(24-20)23-14-15-7-6-11-21-13-15/h5-13H,3-4,14H2,1-2H3,(H2,22,23,24,25). The van der Waals surface area contributed by atoms with Crippen molar-refractivity contribution in [2.24, 2.45) is 0 Å². The lowest BCUT2D eigenvalue weighted by molar-refractivity contribution is 1.05. The highest BCUT2D eigenvalue weighted by Gasteiger charge is 2.08. The number of nitrogens with zero attached hydrogens (tertiary/aromatic N) is 3. The summed E-state index contributed by atoms with van der Waals surface area (Å²) < 4.78 is 0. The minimum atomic E-state index is 0.604. The predicted octanol–water partition coefficient (Wildman–Crippen LogP) is 4.35. The average molecular weight is 333 g/mol. The van der Waals surface area contributed by atoms with Crippen molar-refractivity contribution in [3.05, 3.63) is 71.7 Å². The third kappa shape index (κ3) is 4.32. The normalized spacial score (nSPS) is 10.5. The van der Waals surface area contributed by atoms with E-state index in [1.165, 1.54) is 11.1 Å². The van der Waals surface area contributed by atoms with E-state index in [1.54, 1.807) is 12.4 Å². The van der Waals surface area contributed by atoms with Crippen molar-refractivity contribution in [2.45, 2.75) is 33.2 Å². The number of hydrogen-bond acceptors (Lipinski definition) is 5. The molecule has 0 aliphatic carbocycles. The molecule has 3 aromatic rings. The molecule has 0 saturated carbocycles. The number of anilines is 3. The molecule has 5 nitrogen and oxygen atoms in total. The lowest BCUT2D eigenvalue weighted by atomic mass is 10.0. The first kappa shape index (κ1) is 16.9. The first-order valence-electron chi connectivity index (χ1n) is 8.63. The highest BCUT2D eigenvalue weighted by molar-refractivity contribution is 5.64. The highest BCUT2D eigenvalue weighted by atomic mass is 15.1. The van der Waals surface area contributed by atoms with Crippen molar-refractivity contribution < 1.29 is 0 Å². The number of aryl methyl sites for hydroxylation is 2. The van der Waals surface area contributed by atoms with E-state index in [0.29, 0.717) is 12.5 Å². The van der Waals surface area contributed by atoms with Crippen molar-refractivity contribution in [2.75, 3.05) is 10.6 Å². The molecule has 128 valence electrons. The van der Waals surface area contributed by atoms with Gasteiger partial charge in [0, 0.05) is 30.8 Å².